The minimum atomic E-state index is -3.85. The Bertz CT molecular complexity index is 801. The lowest BCUT2D eigenvalue weighted by Crippen LogP contribution is -2.24. The van der Waals surface area contributed by atoms with Gasteiger partial charge in [0.25, 0.3) is 0 Å². The first-order chi connectivity index (χ1) is 11.9. The Hall–Kier alpha value is -1.47. The quantitative estimate of drug-likeness (QED) is 0.670. The lowest BCUT2D eigenvalue weighted by atomic mass is 9.98. The average Bonchev–Trinajstić information content (AvgIpc) is 2.59. The zero-order valence-electron chi connectivity index (χ0n) is 15.1. The van der Waals surface area contributed by atoms with Gasteiger partial charge >= 0.3 is 0 Å². The lowest BCUT2D eigenvalue weighted by molar-refractivity contribution is 0.294. The zero-order chi connectivity index (χ0) is 18.4. The molecule has 1 atom stereocenters. The molecule has 25 heavy (non-hydrogen) atoms. The third-order valence-electron chi connectivity index (χ3n) is 4.73. The van der Waals surface area contributed by atoms with E-state index in [1.807, 2.05) is 24.3 Å². The molecule has 0 amide bonds. The van der Waals surface area contributed by atoms with Crippen LogP contribution in [0.15, 0.2) is 41.3 Å². The second-order valence-corrected chi connectivity index (χ2v) is 7.88. The molecule has 2 rings (SSSR count). The number of nitrogens with zero attached hydrogens (tertiary/aromatic N) is 1. The van der Waals surface area contributed by atoms with E-state index in [1.165, 1.54) is 0 Å². The molecular weight excluding hydrogens is 334 g/mol. The summed E-state index contributed by atoms with van der Waals surface area (Å²) in [6.45, 7) is 7.44. The van der Waals surface area contributed by atoms with Gasteiger partial charge in [0, 0.05) is 11.4 Å². The Morgan fingerprint density at radius 2 is 1.72 bits per heavy atom. The van der Waals surface area contributed by atoms with Crippen molar-refractivity contribution >= 4 is 20.8 Å². The van der Waals surface area contributed by atoms with Gasteiger partial charge < -0.3 is 10.6 Å². The molecule has 0 saturated heterocycles. The van der Waals surface area contributed by atoms with E-state index < -0.39 is 10.0 Å². The predicted molar refractivity (Wildman–Crippen MR) is 104 cm³/mol. The van der Waals surface area contributed by atoms with Crippen molar-refractivity contribution in [3.05, 3.63) is 42.0 Å². The first-order valence-electron chi connectivity index (χ1n) is 8.90. The zero-order valence-corrected chi connectivity index (χ0v) is 15.9. The maximum atomic E-state index is 12.2. The molecule has 0 spiro atoms. The highest BCUT2D eigenvalue weighted by Gasteiger charge is 2.21. The van der Waals surface area contributed by atoms with Gasteiger partial charge in [-0.25, -0.2) is 13.6 Å². The van der Waals surface area contributed by atoms with Crippen molar-refractivity contribution in [2.45, 2.75) is 44.0 Å². The Morgan fingerprint density at radius 1 is 1.04 bits per heavy atom. The topological polar surface area (TPSA) is 89.4 Å². The van der Waals surface area contributed by atoms with Crippen molar-refractivity contribution in [1.82, 2.24) is 4.90 Å². The van der Waals surface area contributed by atoms with Crippen LogP contribution in [-0.4, -0.2) is 33.0 Å². The summed E-state index contributed by atoms with van der Waals surface area (Å²) in [6.07, 6.45) is 2.74. The lowest BCUT2D eigenvalue weighted by Gasteiger charge is -2.20. The molecular formula is C19H29N3O2S. The fourth-order valence-electron chi connectivity index (χ4n) is 3.26. The van der Waals surface area contributed by atoms with Crippen LogP contribution in [0, 0.1) is 0 Å². The highest BCUT2D eigenvalue weighted by Crippen LogP contribution is 2.31. The number of hydrogen-bond donors (Lipinski definition) is 2. The van der Waals surface area contributed by atoms with Crippen LogP contribution < -0.4 is 10.9 Å². The van der Waals surface area contributed by atoms with Crippen molar-refractivity contribution in [1.29, 1.82) is 0 Å². The van der Waals surface area contributed by atoms with Crippen molar-refractivity contribution in [2.75, 3.05) is 19.6 Å². The second-order valence-electron chi connectivity index (χ2n) is 6.38. The Labute approximate surface area is 151 Å². The van der Waals surface area contributed by atoms with Crippen LogP contribution in [0.1, 0.15) is 44.7 Å². The van der Waals surface area contributed by atoms with Crippen molar-refractivity contribution in [3.8, 4) is 0 Å². The summed E-state index contributed by atoms with van der Waals surface area (Å²) in [7, 11) is -3.85. The van der Waals surface area contributed by atoms with Gasteiger partial charge in [-0.3, -0.25) is 0 Å². The fraction of sp³-hybridized carbons (Fsp3) is 0.474. The predicted octanol–water partition coefficient (Wildman–Crippen LogP) is 3.00. The molecule has 0 aliphatic heterocycles. The van der Waals surface area contributed by atoms with Gasteiger partial charge in [0.2, 0.25) is 10.0 Å². The molecule has 4 N–H and O–H groups in total. The van der Waals surface area contributed by atoms with E-state index in [-0.39, 0.29) is 10.9 Å². The van der Waals surface area contributed by atoms with Crippen LogP contribution in [0.4, 0.5) is 0 Å². The van der Waals surface area contributed by atoms with Gasteiger partial charge in [0.05, 0.1) is 4.90 Å². The number of primary sulfonamides is 1. The minimum absolute atomic E-state index is 0.168. The number of fused-ring (bicyclic) bond motifs is 1. The second kappa shape index (κ2) is 8.76. The van der Waals surface area contributed by atoms with E-state index in [1.54, 1.807) is 12.1 Å². The number of unbranched alkanes of at least 4 members (excludes halogenated alkanes) is 1. The van der Waals surface area contributed by atoms with E-state index in [0.29, 0.717) is 10.9 Å². The highest BCUT2D eigenvalue weighted by atomic mass is 32.2. The van der Waals surface area contributed by atoms with E-state index in [9.17, 15) is 8.42 Å². The molecule has 2 aromatic carbocycles. The van der Waals surface area contributed by atoms with Gasteiger partial charge in [-0.05, 0) is 43.4 Å². The van der Waals surface area contributed by atoms with Crippen molar-refractivity contribution < 1.29 is 8.42 Å². The van der Waals surface area contributed by atoms with Gasteiger partial charge in [-0.15, -0.1) is 0 Å². The van der Waals surface area contributed by atoms with Crippen LogP contribution in [0.5, 0.6) is 0 Å². The average molecular weight is 364 g/mol. The van der Waals surface area contributed by atoms with Crippen LogP contribution in [0.2, 0.25) is 0 Å². The molecule has 0 aliphatic rings. The first kappa shape index (κ1) is 19.8. The Kier molecular flexibility index (Phi) is 6.95. The van der Waals surface area contributed by atoms with Crippen LogP contribution in [-0.2, 0) is 10.0 Å². The van der Waals surface area contributed by atoms with Crippen molar-refractivity contribution in [3.63, 3.8) is 0 Å². The van der Waals surface area contributed by atoms with Crippen LogP contribution in [0.25, 0.3) is 10.8 Å². The van der Waals surface area contributed by atoms with Gasteiger partial charge in [-0.2, -0.15) is 0 Å². The molecule has 0 fully saturated rings. The highest BCUT2D eigenvalue weighted by molar-refractivity contribution is 7.89. The molecule has 0 aliphatic carbocycles. The maximum absolute atomic E-state index is 12.2. The molecule has 5 nitrogen and oxygen atoms in total. The van der Waals surface area contributed by atoms with E-state index >= 15 is 0 Å². The number of hydrogen-bond acceptors (Lipinski definition) is 4. The molecule has 0 heterocycles. The van der Waals surface area contributed by atoms with Crippen molar-refractivity contribution in [2.24, 2.45) is 10.9 Å². The third kappa shape index (κ3) is 5.01. The molecule has 0 bridgehead atoms. The molecule has 1 unspecified atom stereocenters. The van der Waals surface area contributed by atoms with E-state index in [0.717, 1.165) is 44.3 Å². The SMILES string of the molecule is CCN(CC)CCCCC(N)c1ccc2ccccc2c1S(N)(=O)=O. The third-order valence-corrected chi connectivity index (χ3v) is 5.75. The summed E-state index contributed by atoms with van der Waals surface area (Å²) in [6, 6.07) is 10.7. The smallest absolute Gasteiger partial charge is 0.239 e. The summed E-state index contributed by atoms with van der Waals surface area (Å²) >= 11 is 0. The van der Waals surface area contributed by atoms with Gasteiger partial charge in [0.1, 0.15) is 0 Å². The molecule has 138 valence electrons. The number of benzene rings is 2. The standard InChI is InChI=1S/C19H29N3O2S/c1-3-22(4-2)14-8-7-11-18(20)17-13-12-15-9-5-6-10-16(15)19(17)25(21,23)24/h5-6,9-10,12-13,18H,3-4,7-8,11,14,20H2,1-2H3,(H2,21,23,24). The van der Waals surface area contributed by atoms with Crippen LogP contribution in [0.3, 0.4) is 0 Å². The number of nitrogens with two attached hydrogens (primary N) is 2. The molecule has 0 aromatic heterocycles. The maximum Gasteiger partial charge on any atom is 0.239 e. The fourth-order valence-corrected chi connectivity index (χ4v) is 4.30. The van der Waals surface area contributed by atoms with E-state index in [2.05, 4.69) is 18.7 Å². The van der Waals surface area contributed by atoms with E-state index in [4.69, 9.17) is 10.9 Å². The van der Waals surface area contributed by atoms with Crippen LogP contribution >= 0.6 is 0 Å². The van der Waals surface area contributed by atoms with Gasteiger partial charge in [0.15, 0.2) is 0 Å². The Morgan fingerprint density at radius 3 is 2.36 bits per heavy atom. The molecule has 0 radical (unpaired) electrons. The van der Waals surface area contributed by atoms with Gasteiger partial charge in [-0.1, -0.05) is 56.7 Å². The normalized spacial score (nSPS) is 13.5. The summed E-state index contributed by atoms with van der Waals surface area (Å²) in [5.74, 6) is 0. The first-order valence-corrected chi connectivity index (χ1v) is 10.5. The summed E-state index contributed by atoms with van der Waals surface area (Å²) < 4.78 is 24.4. The largest absolute Gasteiger partial charge is 0.324 e. The number of sulfonamides is 1. The molecule has 0 saturated carbocycles. The Balaban J connectivity index is 2.19. The number of rotatable bonds is 9. The summed E-state index contributed by atoms with van der Waals surface area (Å²) in [4.78, 5) is 2.54. The summed E-state index contributed by atoms with van der Waals surface area (Å²) in [5, 5.41) is 6.99. The minimum Gasteiger partial charge on any atom is -0.324 e. The summed E-state index contributed by atoms with van der Waals surface area (Å²) in [5.41, 5.74) is 6.95. The monoisotopic (exact) mass is 363 g/mol. The molecule has 2 aromatic rings. The molecule has 6 heteroatoms.